The van der Waals surface area contributed by atoms with Gasteiger partial charge in [0.2, 0.25) is 0 Å². The third-order valence-electron chi connectivity index (χ3n) is 3.16. The first kappa shape index (κ1) is 18.0. The minimum absolute atomic E-state index is 0.172. The van der Waals surface area contributed by atoms with Crippen molar-refractivity contribution in [2.45, 2.75) is 6.18 Å². The number of nitrogens with one attached hydrogen (secondary N) is 1. The number of halogens is 3. The van der Waals surface area contributed by atoms with Gasteiger partial charge < -0.3 is 10.1 Å². The monoisotopic (exact) mass is 357 g/mol. The van der Waals surface area contributed by atoms with Crippen LogP contribution in [0.1, 0.15) is 5.56 Å². The summed E-state index contributed by atoms with van der Waals surface area (Å²) in [5.41, 5.74) is -4.10. The van der Waals surface area contributed by atoms with Crippen LogP contribution in [-0.4, -0.2) is 17.0 Å². The molecule has 0 heterocycles. The molecule has 8 nitrogen and oxygen atoms in total. The first-order valence-electron chi connectivity index (χ1n) is 6.58. The number of nitro benzene ring substituents is 2. The lowest BCUT2D eigenvalue weighted by Gasteiger charge is -2.12. The average Bonchev–Trinajstić information content (AvgIpc) is 2.53. The summed E-state index contributed by atoms with van der Waals surface area (Å²) in [5, 5.41) is 24.7. The molecule has 0 aromatic heterocycles. The summed E-state index contributed by atoms with van der Waals surface area (Å²) in [4.78, 5) is 20.0. The van der Waals surface area contributed by atoms with Gasteiger partial charge in [-0.3, -0.25) is 20.2 Å². The number of hydrogen-bond acceptors (Lipinski definition) is 6. The van der Waals surface area contributed by atoms with Crippen LogP contribution in [0.5, 0.6) is 5.75 Å². The molecule has 0 spiro atoms. The Balaban J connectivity index is 2.65. The molecule has 0 fully saturated rings. The fourth-order valence-electron chi connectivity index (χ4n) is 2.04. The molecule has 2 rings (SSSR count). The number of nitro groups is 2. The van der Waals surface area contributed by atoms with E-state index in [1.807, 2.05) is 0 Å². The molecule has 0 aliphatic heterocycles. The molecule has 0 saturated carbocycles. The molecule has 0 aliphatic rings. The van der Waals surface area contributed by atoms with Gasteiger partial charge in [-0.1, -0.05) is 6.07 Å². The number of nitrogens with zero attached hydrogens (tertiary/aromatic N) is 2. The van der Waals surface area contributed by atoms with Crippen LogP contribution in [-0.2, 0) is 6.18 Å². The van der Waals surface area contributed by atoms with Gasteiger partial charge in [0.25, 0.3) is 11.4 Å². The van der Waals surface area contributed by atoms with Crippen molar-refractivity contribution in [1.29, 1.82) is 0 Å². The molecule has 0 amide bonds. The highest BCUT2D eigenvalue weighted by atomic mass is 19.4. The molecular formula is C14H10F3N3O5. The Morgan fingerprint density at radius 1 is 1.04 bits per heavy atom. The molecule has 11 heteroatoms. The van der Waals surface area contributed by atoms with Crippen LogP contribution < -0.4 is 10.1 Å². The summed E-state index contributed by atoms with van der Waals surface area (Å²) in [7, 11) is 1.36. The van der Waals surface area contributed by atoms with Crippen molar-refractivity contribution in [3.05, 3.63) is 62.2 Å². The highest BCUT2D eigenvalue weighted by Gasteiger charge is 2.37. The Morgan fingerprint density at radius 3 is 2.04 bits per heavy atom. The summed E-state index contributed by atoms with van der Waals surface area (Å²) >= 11 is 0. The van der Waals surface area contributed by atoms with Gasteiger partial charge in [-0.2, -0.15) is 13.2 Å². The highest BCUT2D eigenvalue weighted by molar-refractivity contribution is 5.80. The van der Waals surface area contributed by atoms with Gasteiger partial charge in [-0.15, -0.1) is 0 Å². The van der Waals surface area contributed by atoms with E-state index in [2.05, 4.69) is 5.32 Å². The van der Waals surface area contributed by atoms with Crippen LogP contribution in [0.4, 0.5) is 35.9 Å². The molecule has 0 saturated heterocycles. The van der Waals surface area contributed by atoms with Gasteiger partial charge in [0.05, 0.1) is 22.5 Å². The van der Waals surface area contributed by atoms with Crippen LogP contribution in [0, 0.1) is 20.2 Å². The molecule has 0 unspecified atom stereocenters. The second kappa shape index (κ2) is 6.63. The zero-order valence-corrected chi connectivity index (χ0v) is 12.5. The Morgan fingerprint density at radius 2 is 1.60 bits per heavy atom. The lowest BCUT2D eigenvalue weighted by Crippen LogP contribution is -2.09. The van der Waals surface area contributed by atoms with Crippen molar-refractivity contribution in [2.75, 3.05) is 12.4 Å². The first-order chi connectivity index (χ1) is 11.6. The smallest absolute Gasteiger partial charge is 0.416 e. The molecule has 25 heavy (non-hydrogen) atoms. The van der Waals surface area contributed by atoms with E-state index in [-0.39, 0.29) is 17.8 Å². The van der Waals surface area contributed by atoms with Gasteiger partial charge in [-0.05, 0) is 12.1 Å². The van der Waals surface area contributed by atoms with E-state index < -0.39 is 38.6 Å². The maximum atomic E-state index is 12.8. The molecule has 0 aliphatic carbocycles. The molecular weight excluding hydrogens is 347 g/mol. The molecule has 132 valence electrons. The van der Waals surface area contributed by atoms with Crippen LogP contribution >= 0.6 is 0 Å². The minimum atomic E-state index is -4.97. The lowest BCUT2D eigenvalue weighted by molar-refractivity contribution is -0.392. The predicted molar refractivity (Wildman–Crippen MR) is 81.0 cm³/mol. The third kappa shape index (κ3) is 3.94. The Labute approximate surface area is 138 Å². The van der Waals surface area contributed by atoms with Gasteiger partial charge >= 0.3 is 6.18 Å². The van der Waals surface area contributed by atoms with Gasteiger partial charge in [0.15, 0.2) is 5.69 Å². The molecule has 0 atom stereocenters. The number of methoxy groups -OCH3 is 1. The normalized spacial score (nSPS) is 11.0. The minimum Gasteiger partial charge on any atom is -0.497 e. The molecule has 0 radical (unpaired) electrons. The second-order valence-electron chi connectivity index (χ2n) is 4.76. The Bertz CT molecular complexity index is 804. The Kier molecular flexibility index (Phi) is 4.77. The van der Waals surface area contributed by atoms with Crippen molar-refractivity contribution in [2.24, 2.45) is 0 Å². The van der Waals surface area contributed by atoms with Crippen LogP contribution in [0.3, 0.4) is 0 Å². The largest absolute Gasteiger partial charge is 0.497 e. The van der Waals surface area contributed by atoms with E-state index in [1.54, 1.807) is 6.07 Å². The summed E-state index contributed by atoms with van der Waals surface area (Å²) in [6, 6.07) is 6.35. The molecule has 2 aromatic rings. The van der Waals surface area contributed by atoms with Crippen molar-refractivity contribution >= 4 is 22.7 Å². The number of ether oxygens (including phenoxy) is 1. The molecule has 2 aromatic carbocycles. The lowest BCUT2D eigenvalue weighted by atomic mass is 10.1. The standard InChI is InChI=1S/C14H10F3N3O5/c1-25-10-4-2-3-9(7-10)18-13-11(19(21)22)5-8(14(15,16)17)6-12(13)20(23)24/h2-7,18H,1H3. The number of benzene rings is 2. The first-order valence-corrected chi connectivity index (χ1v) is 6.58. The van der Waals surface area contributed by atoms with Crippen molar-refractivity contribution < 1.29 is 27.8 Å². The fraction of sp³-hybridized carbons (Fsp3) is 0.143. The number of rotatable bonds is 5. The molecule has 0 bridgehead atoms. The van der Waals surface area contributed by atoms with Crippen LogP contribution in [0.25, 0.3) is 0 Å². The van der Waals surface area contributed by atoms with E-state index in [4.69, 9.17) is 4.74 Å². The van der Waals surface area contributed by atoms with E-state index in [0.29, 0.717) is 5.75 Å². The highest BCUT2D eigenvalue weighted by Crippen LogP contribution is 2.42. The summed E-state index contributed by atoms with van der Waals surface area (Å²) in [6.45, 7) is 0. The number of anilines is 2. The van der Waals surface area contributed by atoms with Crippen molar-refractivity contribution in [3.8, 4) is 5.75 Å². The maximum Gasteiger partial charge on any atom is 0.416 e. The predicted octanol–water partition coefficient (Wildman–Crippen LogP) is 4.27. The fourth-order valence-corrected chi connectivity index (χ4v) is 2.04. The van der Waals surface area contributed by atoms with E-state index in [1.165, 1.54) is 25.3 Å². The SMILES string of the molecule is COc1cccc(Nc2c([N+](=O)[O-])cc(C(F)(F)F)cc2[N+](=O)[O-])c1. The molecule has 1 N–H and O–H groups in total. The summed E-state index contributed by atoms with van der Waals surface area (Å²) < 4.78 is 43.5. The zero-order valence-electron chi connectivity index (χ0n) is 12.5. The summed E-state index contributed by atoms with van der Waals surface area (Å²) in [6.07, 6.45) is -4.97. The maximum absolute atomic E-state index is 12.8. The van der Waals surface area contributed by atoms with Gasteiger partial charge in [-0.25, -0.2) is 0 Å². The van der Waals surface area contributed by atoms with Crippen LogP contribution in [0.15, 0.2) is 36.4 Å². The quantitative estimate of drug-likeness (QED) is 0.632. The summed E-state index contributed by atoms with van der Waals surface area (Å²) in [5.74, 6) is 0.349. The number of alkyl halides is 3. The second-order valence-corrected chi connectivity index (χ2v) is 4.76. The topological polar surface area (TPSA) is 108 Å². The third-order valence-corrected chi connectivity index (χ3v) is 3.16. The van der Waals surface area contributed by atoms with Crippen molar-refractivity contribution in [1.82, 2.24) is 0 Å². The van der Waals surface area contributed by atoms with Gasteiger partial charge in [0, 0.05) is 23.9 Å². The average molecular weight is 357 g/mol. The van der Waals surface area contributed by atoms with E-state index in [0.717, 1.165) is 0 Å². The number of hydrogen-bond donors (Lipinski definition) is 1. The Hall–Kier alpha value is -3.37. The zero-order chi connectivity index (χ0) is 18.8. The van der Waals surface area contributed by atoms with Crippen molar-refractivity contribution in [3.63, 3.8) is 0 Å². The van der Waals surface area contributed by atoms with Gasteiger partial charge in [0.1, 0.15) is 5.75 Å². The van der Waals surface area contributed by atoms with Crippen LogP contribution in [0.2, 0.25) is 0 Å². The van der Waals surface area contributed by atoms with E-state index >= 15 is 0 Å². The van der Waals surface area contributed by atoms with E-state index in [9.17, 15) is 33.4 Å².